The molecule has 4 heteroatoms. The van der Waals surface area contributed by atoms with Gasteiger partial charge in [0, 0.05) is 12.6 Å². The third-order valence-electron chi connectivity index (χ3n) is 3.88. The third-order valence-corrected chi connectivity index (χ3v) is 3.88. The van der Waals surface area contributed by atoms with Crippen LogP contribution in [0.5, 0.6) is 0 Å². The van der Waals surface area contributed by atoms with Gasteiger partial charge >= 0.3 is 5.97 Å². The van der Waals surface area contributed by atoms with E-state index in [-0.39, 0.29) is 5.97 Å². The molecule has 1 aliphatic rings. The second-order valence-corrected chi connectivity index (χ2v) is 4.80. The molecule has 1 fully saturated rings. The van der Waals surface area contributed by atoms with Crippen LogP contribution in [0.2, 0.25) is 0 Å². The van der Waals surface area contributed by atoms with E-state index in [4.69, 9.17) is 10.5 Å². The molecular formula is C13H26N2O2. The van der Waals surface area contributed by atoms with Crippen LogP contribution in [0.1, 0.15) is 39.0 Å². The first-order valence-corrected chi connectivity index (χ1v) is 6.73. The van der Waals surface area contributed by atoms with Crippen LogP contribution >= 0.6 is 0 Å². The lowest BCUT2D eigenvalue weighted by Gasteiger charge is -2.39. The molecular weight excluding hydrogens is 216 g/mol. The normalized spacial score (nSPS) is 24.9. The lowest BCUT2D eigenvalue weighted by atomic mass is 9.83. The monoisotopic (exact) mass is 242 g/mol. The first kappa shape index (κ1) is 14.5. The van der Waals surface area contributed by atoms with Crippen LogP contribution in [-0.4, -0.2) is 43.7 Å². The predicted octanol–water partition coefficient (Wildman–Crippen LogP) is 1.39. The van der Waals surface area contributed by atoms with E-state index in [1.165, 1.54) is 32.8 Å². The minimum absolute atomic E-state index is 0.122. The number of methoxy groups -OCH3 is 1. The van der Waals surface area contributed by atoms with Gasteiger partial charge in [0.15, 0.2) is 0 Å². The maximum absolute atomic E-state index is 11.2. The summed E-state index contributed by atoms with van der Waals surface area (Å²) in [7, 11) is 1.45. The van der Waals surface area contributed by atoms with Gasteiger partial charge in [-0.05, 0) is 31.8 Å². The average Bonchev–Trinajstić information content (AvgIpc) is 2.39. The summed E-state index contributed by atoms with van der Waals surface area (Å²) in [6, 6.07) is 0.559. The highest BCUT2D eigenvalue weighted by Crippen LogP contribution is 2.27. The molecule has 17 heavy (non-hydrogen) atoms. The molecule has 0 aromatic rings. The van der Waals surface area contributed by atoms with Crippen LogP contribution in [0.4, 0.5) is 0 Å². The van der Waals surface area contributed by atoms with Crippen LogP contribution in [0.15, 0.2) is 0 Å². The maximum atomic E-state index is 11.2. The van der Waals surface area contributed by atoms with Crippen molar-refractivity contribution in [2.75, 3.05) is 26.7 Å². The Kier molecular flexibility index (Phi) is 6.52. The molecule has 1 saturated carbocycles. The average molecular weight is 242 g/mol. The van der Waals surface area contributed by atoms with Gasteiger partial charge in [0.2, 0.25) is 0 Å². The van der Waals surface area contributed by atoms with E-state index in [0.717, 1.165) is 19.6 Å². The van der Waals surface area contributed by atoms with E-state index in [0.29, 0.717) is 18.4 Å². The van der Waals surface area contributed by atoms with Crippen molar-refractivity contribution in [3.05, 3.63) is 0 Å². The van der Waals surface area contributed by atoms with Crippen LogP contribution in [0.25, 0.3) is 0 Å². The maximum Gasteiger partial charge on any atom is 0.306 e. The first-order chi connectivity index (χ1) is 8.22. The van der Waals surface area contributed by atoms with E-state index in [1.807, 2.05) is 0 Å². The molecule has 0 aliphatic heterocycles. The smallest absolute Gasteiger partial charge is 0.306 e. The van der Waals surface area contributed by atoms with Crippen molar-refractivity contribution in [1.29, 1.82) is 0 Å². The zero-order valence-corrected chi connectivity index (χ0v) is 11.2. The minimum Gasteiger partial charge on any atom is -0.469 e. The molecule has 0 radical (unpaired) electrons. The van der Waals surface area contributed by atoms with E-state index >= 15 is 0 Å². The van der Waals surface area contributed by atoms with Gasteiger partial charge in [-0.25, -0.2) is 0 Å². The Morgan fingerprint density at radius 2 is 2.12 bits per heavy atom. The summed E-state index contributed by atoms with van der Waals surface area (Å²) in [5, 5.41) is 0. The van der Waals surface area contributed by atoms with Crippen molar-refractivity contribution in [1.82, 2.24) is 4.90 Å². The van der Waals surface area contributed by atoms with E-state index in [1.54, 1.807) is 0 Å². The fraction of sp³-hybridized carbons (Fsp3) is 0.923. The Hall–Kier alpha value is -0.610. The van der Waals surface area contributed by atoms with E-state index in [2.05, 4.69) is 11.8 Å². The van der Waals surface area contributed by atoms with Gasteiger partial charge in [-0.3, -0.25) is 9.69 Å². The molecule has 0 aromatic carbocycles. The molecule has 1 aliphatic carbocycles. The lowest BCUT2D eigenvalue weighted by Crippen LogP contribution is -2.45. The summed E-state index contributed by atoms with van der Waals surface area (Å²) in [6.07, 6.45) is 5.52. The number of carbonyl (C=O) groups is 1. The molecule has 0 heterocycles. The van der Waals surface area contributed by atoms with Crippen molar-refractivity contribution in [3.8, 4) is 0 Å². The van der Waals surface area contributed by atoms with Gasteiger partial charge in [0.1, 0.15) is 0 Å². The number of rotatable bonds is 6. The Bertz CT molecular complexity index is 233. The van der Waals surface area contributed by atoms with Gasteiger partial charge in [0.05, 0.1) is 13.5 Å². The number of esters is 1. The van der Waals surface area contributed by atoms with Crippen molar-refractivity contribution >= 4 is 5.97 Å². The highest BCUT2D eigenvalue weighted by atomic mass is 16.5. The number of hydrogen-bond acceptors (Lipinski definition) is 4. The van der Waals surface area contributed by atoms with Crippen molar-refractivity contribution < 1.29 is 9.53 Å². The fourth-order valence-electron chi connectivity index (χ4n) is 2.84. The van der Waals surface area contributed by atoms with Crippen molar-refractivity contribution in [2.24, 2.45) is 11.7 Å². The lowest BCUT2D eigenvalue weighted by molar-refractivity contribution is -0.141. The molecule has 0 saturated heterocycles. The standard InChI is InChI=1S/C13H26N2O2/c1-3-15(9-8-13(16)17-2)12-7-5-4-6-11(12)10-14/h11-12H,3-10,14H2,1-2H3. The molecule has 2 unspecified atom stereocenters. The summed E-state index contributed by atoms with van der Waals surface area (Å²) in [5.74, 6) is 0.477. The van der Waals surface area contributed by atoms with Gasteiger partial charge in [-0.2, -0.15) is 0 Å². The highest BCUT2D eigenvalue weighted by molar-refractivity contribution is 5.69. The number of hydrogen-bond donors (Lipinski definition) is 1. The molecule has 100 valence electrons. The Morgan fingerprint density at radius 3 is 2.71 bits per heavy atom. The molecule has 0 aromatic heterocycles. The molecule has 0 spiro atoms. The van der Waals surface area contributed by atoms with Gasteiger partial charge in [-0.1, -0.05) is 19.8 Å². The zero-order valence-electron chi connectivity index (χ0n) is 11.2. The zero-order chi connectivity index (χ0) is 12.7. The molecule has 2 N–H and O–H groups in total. The summed E-state index contributed by atoms with van der Waals surface area (Å²) in [6.45, 7) is 4.70. The van der Waals surface area contributed by atoms with Crippen LogP contribution < -0.4 is 5.73 Å². The quantitative estimate of drug-likeness (QED) is 0.715. The largest absolute Gasteiger partial charge is 0.469 e. The van der Waals surface area contributed by atoms with Gasteiger partial charge < -0.3 is 10.5 Å². The van der Waals surface area contributed by atoms with Crippen LogP contribution in [-0.2, 0) is 9.53 Å². The van der Waals surface area contributed by atoms with Gasteiger partial charge in [-0.15, -0.1) is 0 Å². The molecule has 4 nitrogen and oxygen atoms in total. The number of carbonyl (C=O) groups excluding carboxylic acids is 1. The Labute approximate surface area is 104 Å². The summed E-state index contributed by atoms with van der Waals surface area (Å²) >= 11 is 0. The number of ether oxygens (including phenoxy) is 1. The SMILES string of the molecule is CCN(CCC(=O)OC)C1CCCCC1CN. The van der Waals surface area contributed by atoms with Crippen molar-refractivity contribution in [2.45, 2.75) is 45.1 Å². The summed E-state index contributed by atoms with van der Waals surface area (Å²) in [4.78, 5) is 13.6. The van der Waals surface area contributed by atoms with Crippen molar-refractivity contribution in [3.63, 3.8) is 0 Å². The topological polar surface area (TPSA) is 55.6 Å². The number of nitrogens with two attached hydrogens (primary N) is 1. The van der Waals surface area contributed by atoms with Gasteiger partial charge in [0.25, 0.3) is 0 Å². The van der Waals surface area contributed by atoms with E-state index < -0.39 is 0 Å². The second-order valence-electron chi connectivity index (χ2n) is 4.80. The molecule has 2 atom stereocenters. The fourth-order valence-corrected chi connectivity index (χ4v) is 2.84. The minimum atomic E-state index is -0.122. The Balaban J connectivity index is 2.49. The first-order valence-electron chi connectivity index (χ1n) is 6.73. The highest BCUT2D eigenvalue weighted by Gasteiger charge is 2.28. The van der Waals surface area contributed by atoms with Crippen LogP contribution in [0, 0.1) is 5.92 Å². The Morgan fingerprint density at radius 1 is 1.41 bits per heavy atom. The van der Waals surface area contributed by atoms with E-state index in [9.17, 15) is 4.79 Å². The summed E-state index contributed by atoms with van der Waals surface area (Å²) in [5.41, 5.74) is 5.85. The number of nitrogens with zero attached hydrogens (tertiary/aromatic N) is 1. The van der Waals surface area contributed by atoms with Crippen LogP contribution in [0.3, 0.4) is 0 Å². The second kappa shape index (κ2) is 7.67. The molecule has 1 rings (SSSR count). The molecule has 0 amide bonds. The molecule has 0 bridgehead atoms. The predicted molar refractivity (Wildman–Crippen MR) is 68.7 cm³/mol. The third kappa shape index (κ3) is 4.28. The summed E-state index contributed by atoms with van der Waals surface area (Å²) < 4.78 is 4.70.